The molecule has 0 saturated heterocycles. The van der Waals surface area contributed by atoms with Crippen molar-refractivity contribution in [2.75, 3.05) is 13.2 Å². The van der Waals surface area contributed by atoms with E-state index in [1.54, 1.807) is 64.1 Å². The van der Waals surface area contributed by atoms with E-state index in [-0.39, 0.29) is 31.7 Å². The molecule has 10 nitrogen and oxygen atoms in total. The number of benzene rings is 2. The molecule has 3 atom stereocenters. The first kappa shape index (κ1) is 37.7. The molecule has 2 rings (SSSR count). The first-order valence-corrected chi connectivity index (χ1v) is 15.7. The zero-order chi connectivity index (χ0) is 34.4. The predicted molar refractivity (Wildman–Crippen MR) is 177 cm³/mol. The third kappa shape index (κ3) is 12.1. The second-order valence-corrected chi connectivity index (χ2v) is 12.6. The van der Waals surface area contributed by atoms with Crippen molar-refractivity contribution in [3.8, 4) is 18.1 Å². The molecular weight excluding hydrogens is 586 g/mol. The van der Waals surface area contributed by atoms with E-state index in [0.29, 0.717) is 29.0 Å². The minimum absolute atomic E-state index is 0.0120. The Morgan fingerprint density at radius 3 is 2.24 bits per heavy atom. The number of nitrogens with one attached hydrogen (secondary N) is 2. The second kappa shape index (κ2) is 17.8. The number of aromatic hydroxyl groups is 1. The Morgan fingerprint density at radius 1 is 1.00 bits per heavy atom. The SMILES string of the molecule is C#Cc1ccccc1C(C(=O)NCCC(=O)OCC)N(C(=O)C(Cc1ccc(O)cc1)NC(=O)OC(C)(C)C)C(C)CCC(C)C. The van der Waals surface area contributed by atoms with Crippen LogP contribution in [0.1, 0.15) is 90.5 Å². The average Bonchev–Trinajstić information content (AvgIpc) is 2.98. The largest absolute Gasteiger partial charge is 0.508 e. The number of ether oxygens (including phenoxy) is 2. The summed E-state index contributed by atoms with van der Waals surface area (Å²) in [6, 6.07) is 10.4. The topological polar surface area (TPSA) is 134 Å². The minimum atomic E-state index is -1.19. The van der Waals surface area contributed by atoms with Crippen molar-refractivity contribution in [2.45, 2.75) is 97.9 Å². The van der Waals surface area contributed by atoms with Gasteiger partial charge in [-0.1, -0.05) is 50.1 Å². The molecule has 3 amide bonds. The highest BCUT2D eigenvalue weighted by Crippen LogP contribution is 2.30. The highest BCUT2D eigenvalue weighted by Gasteiger charge is 2.39. The Kier molecular flexibility index (Phi) is 14.6. The summed E-state index contributed by atoms with van der Waals surface area (Å²) in [5.74, 6) is 1.50. The number of hydrogen-bond acceptors (Lipinski definition) is 7. The molecule has 0 aliphatic heterocycles. The number of terminal acetylenes is 1. The third-order valence-electron chi connectivity index (χ3n) is 7.13. The van der Waals surface area contributed by atoms with Crippen LogP contribution in [0.5, 0.6) is 5.75 Å². The molecule has 10 heteroatoms. The van der Waals surface area contributed by atoms with Crippen molar-refractivity contribution in [3.63, 3.8) is 0 Å². The van der Waals surface area contributed by atoms with Crippen LogP contribution in [-0.4, -0.2) is 64.7 Å². The van der Waals surface area contributed by atoms with Crippen LogP contribution in [-0.2, 0) is 30.3 Å². The number of phenolic OH excluding ortho intramolecular Hbond substituents is 1. The molecule has 0 saturated carbocycles. The van der Waals surface area contributed by atoms with Gasteiger partial charge in [0.2, 0.25) is 11.8 Å². The van der Waals surface area contributed by atoms with Gasteiger partial charge in [0.1, 0.15) is 23.4 Å². The van der Waals surface area contributed by atoms with Crippen molar-refractivity contribution in [2.24, 2.45) is 5.92 Å². The summed E-state index contributed by atoms with van der Waals surface area (Å²) in [4.78, 5) is 55.5. The van der Waals surface area contributed by atoms with E-state index in [1.807, 2.05) is 6.92 Å². The Hall–Kier alpha value is -4.52. The maximum absolute atomic E-state index is 14.8. The third-order valence-corrected chi connectivity index (χ3v) is 7.13. The van der Waals surface area contributed by atoms with E-state index in [9.17, 15) is 24.3 Å². The van der Waals surface area contributed by atoms with E-state index in [2.05, 4.69) is 30.4 Å². The summed E-state index contributed by atoms with van der Waals surface area (Å²) in [6.45, 7) is 13.1. The van der Waals surface area contributed by atoms with Gasteiger partial charge < -0.3 is 30.1 Å². The molecule has 2 aromatic rings. The normalized spacial score (nSPS) is 13.1. The number of rotatable bonds is 15. The lowest BCUT2D eigenvalue weighted by atomic mass is 9.93. The summed E-state index contributed by atoms with van der Waals surface area (Å²) < 4.78 is 10.5. The molecule has 0 heterocycles. The number of carbonyl (C=O) groups is 4. The maximum atomic E-state index is 14.8. The summed E-state index contributed by atoms with van der Waals surface area (Å²) in [6.07, 6.45) is 6.41. The van der Waals surface area contributed by atoms with E-state index < -0.39 is 47.6 Å². The quantitative estimate of drug-likeness (QED) is 0.179. The number of nitrogens with zero attached hydrogens (tertiary/aromatic N) is 1. The van der Waals surface area contributed by atoms with Crippen LogP contribution in [0.3, 0.4) is 0 Å². The fourth-order valence-corrected chi connectivity index (χ4v) is 4.91. The zero-order valence-corrected chi connectivity index (χ0v) is 28.1. The molecule has 0 spiro atoms. The van der Waals surface area contributed by atoms with E-state index in [0.717, 1.165) is 6.42 Å². The van der Waals surface area contributed by atoms with Gasteiger partial charge in [0.25, 0.3) is 0 Å². The molecule has 2 aromatic carbocycles. The lowest BCUT2D eigenvalue weighted by molar-refractivity contribution is -0.146. The second-order valence-electron chi connectivity index (χ2n) is 12.6. The molecular formula is C36H49N3O7. The van der Waals surface area contributed by atoms with Crippen molar-refractivity contribution in [3.05, 3.63) is 65.2 Å². The van der Waals surface area contributed by atoms with Crippen LogP contribution in [0.25, 0.3) is 0 Å². The molecule has 250 valence electrons. The first-order chi connectivity index (χ1) is 21.7. The Balaban J connectivity index is 2.67. The standard InChI is InChI=1S/C36H49N3O7/c1-9-27-13-11-12-14-29(27)32(33(42)37-22-21-31(41)45-10-2)39(25(5)16-15-24(3)4)34(43)30(38-35(44)46-36(6,7)8)23-26-17-19-28(40)20-18-26/h1,11-14,17-20,24-25,30,32,40H,10,15-16,21-23H2,2-8H3,(H,37,42)(H,38,44). The van der Waals surface area contributed by atoms with Gasteiger partial charge in [-0.2, -0.15) is 0 Å². The van der Waals surface area contributed by atoms with Gasteiger partial charge >= 0.3 is 12.1 Å². The molecule has 0 fully saturated rings. The van der Waals surface area contributed by atoms with E-state index in [1.165, 1.54) is 17.0 Å². The number of alkyl carbamates (subject to hydrolysis) is 1. The Morgan fingerprint density at radius 2 is 1.65 bits per heavy atom. The summed E-state index contributed by atoms with van der Waals surface area (Å²) in [5.41, 5.74) is 0.704. The highest BCUT2D eigenvalue weighted by atomic mass is 16.6. The fourth-order valence-electron chi connectivity index (χ4n) is 4.91. The molecule has 46 heavy (non-hydrogen) atoms. The molecule has 0 aromatic heterocycles. The van der Waals surface area contributed by atoms with Crippen molar-refractivity contribution in [1.29, 1.82) is 0 Å². The molecule has 0 bridgehead atoms. The van der Waals surface area contributed by atoms with Gasteiger partial charge in [0, 0.05) is 24.6 Å². The van der Waals surface area contributed by atoms with Gasteiger partial charge in [-0.3, -0.25) is 14.4 Å². The molecule has 0 radical (unpaired) electrons. The molecule has 3 N–H and O–H groups in total. The van der Waals surface area contributed by atoms with Crippen LogP contribution in [0, 0.1) is 18.3 Å². The highest BCUT2D eigenvalue weighted by molar-refractivity contribution is 5.93. The van der Waals surface area contributed by atoms with Crippen molar-refractivity contribution in [1.82, 2.24) is 15.5 Å². The van der Waals surface area contributed by atoms with Crippen LogP contribution < -0.4 is 10.6 Å². The minimum Gasteiger partial charge on any atom is -0.508 e. The summed E-state index contributed by atoms with van der Waals surface area (Å²) >= 11 is 0. The summed E-state index contributed by atoms with van der Waals surface area (Å²) in [5, 5.41) is 15.4. The molecule has 3 unspecified atom stereocenters. The van der Waals surface area contributed by atoms with Crippen molar-refractivity contribution < 1.29 is 33.8 Å². The predicted octanol–water partition coefficient (Wildman–Crippen LogP) is 5.27. The van der Waals surface area contributed by atoms with Gasteiger partial charge in [0.05, 0.1) is 13.0 Å². The number of amides is 3. The van der Waals surface area contributed by atoms with Gasteiger partial charge in [-0.15, -0.1) is 6.42 Å². The van der Waals surface area contributed by atoms with E-state index in [4.69, 9.17) is 15.9 Å². The van der Waals surface area contributed by atoms with Gasteiger partial charge in [0.15, 0.2) is 0 Å². The number of phenols is 1. The van der Waals surface area contributed by atoms with Crippen LogP contribution in [0.15, 0.2) is 48.5 Å². The molecule has 0 aliphatic carbocycles. The average molecular weight is 636 g/mol. The van der Waals surface area contributed by atoms with Crippen LogP contribution >= 0.6 is 0 Å². The fraction of sp³-hybridized carbons (Fsp3) is 0.500. The van der Waals surface area contributed by atoms with Crippen molar-refractivity contribution >= 4 is 23.9 Å². The Labute approximate surface area is 273 Å². The first-order valence-electron chi connectivity index (χ1n) is 15.7. The van der Waals surface area contributed by atoms with Gasteiger partial charge in [-0.25, -0.2) is 4.79 Å². The number of carbonyl (C=O) groups excluding carboxylic acids is 4. The van der Waals surface area contributed by atoms with E-state index >= 15 is 0 Å². The lowest BCUT2D eigenvalue weighted by Crippen LogP contribution is -2.56. The molecule has 0 aliphatic rings. The van der Waals surface area contributed by atoms with Crippen LogP contribution in [0.2, 0.25) is 0 Å². The zero-order valence-electron chi connectivity index (χ0n) is 28.1. The summed E-state index contributed by atoms with van der Waals surface area (Å²) in [7, 11) is 0. The van der Waals surface area contributed by atoms with Crippen LogP contribution in [0.4, 0.5) is 4.79 Å². The monoisotopic (exact) mass is 635 g/mol. The maximum Gasteiger partial charge on any atom is 0.408 e. The lowest BCUT2D eigenvalue weighted by Gasteiger charge is -2.39. The number of esters is 1. The smallest absolute Gasteiger partial charge is 0.408 e. The van der Waals surface area contributed by atoms with Gasteiger partial charge in [-0.05, 0) is 82.7 Å². The number of hydrogen-bond donors (Lipinski definition) is 3. The Bertz CT molecular complexity index is 1360.